The number of hydrogen-bond donors (Lipinski definition) is 0. The van der Waals surface area contributed by atoms with Gasteiger partial charge in [0.2, 0.25) is 0 Å². The molecule has 3 heteroatoms. The van der Waals surface area contributed by atoms with Crippen LogP contribution in [0.4, 0.5) is 0 Å². The zero-order chi connectivity index (χ0) is 14.3. The van der Waals surface area contributed by atoms with Crippen LogP contribution in [-0.4, -0.2) is 35.2 Å². The average Bonchev–Trinajstić information content (AvgIpc) is 2.34. The van der Waals surface area contributed by atoms with Crippen LogP contribution in [0.3, 0.4) is 0 Å². The first-order chi connectivity index (χ1) is 9.13. The summed E-state index contributed by atoms with van der Waals surface area (Å²) in [6, 6.07) is 0. The van der Waals surface area contributed by atoms with E-state index in [1.165, 1.54) is 51.4 Å². The number of unbranched alkanes of at least 4 members (excludes halogenated alkanes) is 4. The zero-order valence-corrected chi connectivity index (χ0v) is 16.4. The Balaban J connectivity index is 2.95. The molecule has 0 aliphatic carbocycles. The summed E-state index contributed by atoms with van der Waals surface area (Å²) in [6.45, 7) is 11.0. The van der Waals surface area contributed by atoms with Crippen LogP contribution in [0.25, 0.3) is 0 Å². The number of rotatable bonds is 14. The summed E-state index contributed by atoms with van der Waals surface area (Å²) < 4.78 is 11.3. The van der Waals surface area contributed by atoms with Crippen LogP contribution in [0.5, 0.6) is 0 Å². The fourth-order valence-electron chi connectivity index (χ4n) is 1.93. The first-order valence-corrected chi connectivity index (χ1v) is 10.4. The molecule has 0 saturated carbocycles. The van der Waals surface area contributed by atoms with Gasteiger partial charge < -0.3 is 0 Å². The van der Waals surface area contributed by atoms with Crippen molar-refractivity contribution in [1.82, 2.24) is 0 Å². The zero-order valence-electron chi connectivity index (χ0n) is 13.5. The van der Waals surface area contributed by atoms with Gasteiger partial charge in [0.05, 0.1) is 0 Å². The van der Waals surface area contributed by atoms with E-state index >= 15 is 0 Å². The Bertz CT molecular complexity index is 154. The Morgan fingerprint density at radius 2 is 1.05 bits per heavy atom. The monoisotopic (exact) mass is 378 g/mol. The summed E-state index contributed by atoms with van der Waals surface area (Å²) in [5, 5.41) is 0. The minimum atomic E-state index is -0.950. The van der Waals surface area contributed by atoms with Gasteiger partial charge in [-0.3, -0.25) is 0 Å². The Morgan fingerprint density at radius 3 is 1.42 bits per heavy atom. The van der Waals surface area contributed by atoms with E-state index in [1.807, 2.05) is 0 Å². The molecule has 0 fully saturated rings. The quantitative estimate of drug-likeness (QED) is 0.314. The third-order valence-corrected chi connectivity index (χ3v) is 5.01. The Hall–Kier alpha value is 0.719. The van der Waals surface area contributed by atoms with E-state index in [0.29, 0.717) is 0 Å². The van der Waals surface area contributed by atoms with E-state index in [9.17, 15) is 0 Å². The van der Waals surface area contributed by atoms with Crippen LogP contribution >= 0.6 is 0 Å². The molecule has 0 heterocycles. The van der Waals surface area contributed by atoms with Crippen molar-refractivity contribution in [3.05, 3.63) is 0 Å². The molecule has 0 aliphatic rings. The SMILES string of the molecule is CC(C)CCCCC[O][Sn][O]CCCCCC(C)C. The predicted octanol–water partition coefficient (Wildman–Crippen LogP) is 4.99. The normalized spacial score (nSPS) is 11.7. The molecule has 0 N–H and O–H groups in total. The van der Waals surface area contributed by atoms with Gasteiger partial charge in [-0.25, -0.2) is 0 Å². The van der Waals surface area contributed by atoms with Crippen molar-refractivity contribution in [2.45, 2.75) is 79.1 Å². The van der Waals surface area contributed by atoms with Crippen molar-refractivity contribution in [1.29, 1.82) is 0 Å². The average molecular weight is 377 g/mol. The summed E-state index contributed by atoms with van der Waals surface area (Å²) in [5.41, 5.74) is 0. The summed E-state index contributed by atoms with van der Waals surface area (Å²) in [7, 11) is 0. The molecule has 0 aliphatic heterocycles. The summed E-state index contributed by atoms with van der Waals surface area (Å²) >= 11 is -0.950. The molecule has 0 aromatic rings. The van der Waals surface area contributed by atoms with E-state index in [-0.39, 0.29) is 0 Å². The van der Waals surface area contributed by atoms with Gasteiger partial charge in [-0.15, -0.1) is 0 Å². The Kier molecular flexibility index (Phi) is 15.7. The standard InChI is InChI=1S/2C8H17O.Sn/c2*1-8(2)6-4-3-5-7-9;/h2*8H,3-7H2,1-2H3;/q2*-1;+2. The predicted molar refractivity (Wildman–Crippen MR) is 84.3 cm³/mol. The Morgan fingerprint density at radius 1 is 0.632 bits per heavy atom. The molecule has 19 heavy (non-hydrogen) atoms. The van der Waals surface area contributed by atoms with Crippen molar-refractivity contribution in [2.24, 2.45) is 11.8 Å². The van der Waals surface area contributed by atoms with Crippen molar-refractivity contribution in [3.63, 3.8) is 0 Å². The molecule has 0 spiro atoms. The Labute approximate surface area is 132 Å². The van der Waals surface area contributed by atoms with Crippen LogP contribution < -0.4 is 0 Å². The van der Waals surface area contributed by atoms with Gasteiger partial charge in [0.15, 0.2) is 0 Å². The molecule has 0 rings (SSSR count). The van der Waals surface area contributed by atoms with Crippen molar-refractivity contribution < 1.29 is 6.15 Å². The van der Waals surface area contributed by atoms with Crippen molar-refractivity contribution in [3.8, 4) is 0 Å². The van der Waals surface area contributed by atoms with Gasteiger partial charge in [0.1, 0.15) is 0 Å². The molecule has 2 radical (unpaired) electrons. The van der Waals surface area contributed by atoms with Crippen LogP contribution in [0, 0.1) is 11.8 Å². The van der Waals surface area contributed by atoms with Crippen LogP contribution in [0.15, 0.2) is 0 Å². The first-order valence-electron chi connectivity index (χ1n) is 8.11. The van der Waals surface area contributed by atoms with Crippen LogP contribution in [-0.2, 0) is 6.15 Å². The van der Waals surface area contributed by atoms with Gasteiger partial charge in [-0.2, -0.15) is 0 Å². The van der Waals surface area contributed by atoms with E-state index in [4.69, 9.17) is 6.15 Å². The molecule has 0 amide bonds. The number of hydrogen-bond acceptors (Lipinski definition) is 2. The van der Waals surface area contributed by atoms with Gasteiger partial charge in [-0.05, 0) is 0 Å². The second-order valence-corrected chi connectivity index (χ2v) is 8.39. The first kappa shape index (κ1) is 19.7. The van der Waals surface area contributed by atoms with Crippen molar-refractivity contribution in [2.75, 3.05) is 13.2 Å². The summed E-state index contributed by atoms with van der Waals surface area (Å²) in [6.07, 6.45) is 10.5. The fraction of sp³-hybridized carbons (Fsp3) is 1.00. The molecule has 0 aromatic carbocycles. The van der Waals surface area contributed by atoms with E-state index < -0.39 is 22.0 Å². The van der Waals surface area contributed by atoms with Crippen molar-refractivity contribution >= 4 is 22.0 Å². The van der Waals surface area contributed by atoms with Gasteiger partial charge in [-0.1, -0.05) is 0 Å². The molecule has 0 saturated heterocycles. The molecule has 114 valence electrons. The van der Waals surface area contributed by atoms with E-state index in [1.54, 1.807) is 0 Å². The molecule has 2 nitrogen and oxygen atoms in total. The van der Waals surface area contributed by atoms with Gasteiger partial charge in [0, 0.05) is 0 Å². The minimum absolute atomic E-state index is 0.844. The molecule has 0 unspecified atom stereocenters. The van der Waals surface area contributed by atoms with Gasteiger partial charge >= 0.3 is 132 Å². The molecular formula is C16H34O2Sn. The molecular weight excluding hydrogens is 343 g/mol. The summed E-state index contributed by atoms with van der Waals surface area (Å²) in [5.74, 6) is 1.69. The third-order valence-electron chi connectivity index (χ3n) is 3.17. The second kappa shape index (κ2) is 15.1. The van der Waals surface area contributed by atoms with Crippen LogP contribution in [0.1, 0.15) is 79.1 Å². The topological polar surface area (TPSA) is 18.5 Å². The van der Waals surface area contributed by atoms with E-state index in [2.05, 4.69) is 27.7 Å². The van der Waals surface area contributed by atoms with E-state index in [0.717, 1.165) is 25.0 Å². The summed E-state index contributed by atoms with van der Waals surface area (Å²) in [4.78, 5) is 0. The second-order valence-electron chi connectivity index (χ2n) is 6.27. The maximum absolute atomic E-state index is 5.63. The maximum atomic E-state index is 5.63. The van der Waals surface area contributed by atoms with Crippen LogP contribution in [0.2, 0.25) is 0 Å². The molecule has 0 atom stereocenters. The van der Waals surface area contributed by atoms with Gasteiger partial charge in [0.25, 0.3) is 0 Å². The molecule has 0 bridgehead atoms. The third kappa shape index (κ3) is 18.7. The fourth-order valence-corrected chi connectivity index (χ4v) is 3.47. The molecule has 0 aromatic heterocycles.